The minimum absolute atomic E-state index is 0.259. The molecule has 2 heterocycles. The van der Waals surface area contributed by atoms with Crippen molar-refractivity contribution in [2.75, 3.05) is 18.0 Å². The summed E-state index contributed by atoms with van der Waals surface area (Å²) in [4.78, 5) is 6.91. The smallest absolute Gasteiger partial charge is 0.128 e. The largest absolute Gasteiger partial charge is 0.372 e. The molecule has 2 N–H and O–H groups in total. The molecule has 94 valence electrons. The third-order valence-corrected chi connectivity index (χ3v) is 3.14. The van der Waals surface area contributed by atoms with Crippen LogP contribution in [-0.4, -0.2) is 30.3 Å². The predicted molar refractivity (Wildman–Crippen MR) is 69.1 cm³/mol. The van der Waals surface area contributed by atoms with Crippen molar-refractivity contribution in [2.24, 2.45) is 5.73 Å². The van der Waals surface area contributed by atoms with E-state index in [-0.39, 0.29) is 12.2 Å². The molecule has 1 aliphatic heterocycles. The lowest BCUT2D eigenvalue weighted by molar-refractivity contribution is -0.00546. The zero-order chi connectivity index (χ0) is 12.4. The van der Waals surface area contributed by atoms with Gasteiger partial charge in [-0.15, -0.1) is 0 Å². The standard InChI is InChI=1S/C13H21N3O/c1-9-7-16(8-10(2)17-9)13-5-4-12(6-14)11(3)15-13/h4-5,9-10H,6-8,14H2,1-3H3. The molecule has 0 radical (unpaired) electrons. The van der Waals surface area contributed by atoms with Crippen LogP contribution in [-0.2, 0) is 11.3 Å². The minimum Gasteiger partial charge on any atom is -0.372 e. The van der Waals surface area contributed by atoms with Crippen LogP contribution in [0.5, 0.6) is 0 Å². The van der Waals surface area contributed by atoms with E-state index in [9.17, 15) is 0 Å². The van der Waals surface area contributed by atoms with Gasteiger partial charge in [-0.25, -0.2) is 4.98 Å². The number of ether oxygens (including phenoxy) is 1. The van der Waals surface area contributed by atoms with Gasteiger partial charge < -0.3 is 15.4 Å². The molecule has 4 heteroatoms. The van der Waals surface area contributed by atoms with Crippen molar-refractivity contribution >= 4 is 5.82 Å². The van der Waals surface area contributed by atoms with E-state index in [1.807, 2.05) is 6.92 Å². The summed E-state index contributed by atoms with van der Waals surface area (Å²) in [5.74, 6) is 1.03. The SMILES string of the molecule is Cc1nc(N2CC(C)OC(C)C2)ccc1CN. The Hall–Kier alpha value is -1.13. The summed E-state index contributed by atoms with van der Waals surface area (Å²) in [6, 6.07) is 4.13. The Morgan fingerprint density at radius 3 is 2.53 bits per heavy atom. The molecule has 4 nitrogen and oxygen atoms in total. The van der Waals surface area contributed by atoms with Crippen LogP contribution < -0.4 is 10.6 Å². The second kappa shape index (κ2) is 5.02. The first-order valence-corrected chi connectivity index (χ1v) is 6.17. The van der Waals surface area contributed by atoms with Crippen LogP contribution in [0.1, 0.15) is 25.1 Å². The molecule has 2 rings (SSSR count). The van der Waals surface area contributed by atoms with E-state index in [1.54, 1.807) is 0 Å². The molecule has 1 saturated heterocycles. The maximum atomic E-state index is 5.72. The molecule has 1 aliphatic rings. The first-order chi connectivity index (χ1) is 8.10. The van der Waals surface area contributed by atoms with E-state index < -0.39 is 0 Å². The van der Waals surface area contributed by atoms with Crippen LogP contribution >= 0.6 is 0 Å². The molecule has 1 fully saturated rings. The van der Waals surface area contributed by atoms with E-state index in [0.717, 1.165) is 30.2 Å². The third kappa shape index (κ3) is 2.76. The Bertz CT molecular complexity index is 384. The van der Waals surface area contributed by atoms with Crippen molar-refractivity contribution in [3.63, 3.8) is 0 Å². The number of hydrogen-bond donors (Lipinski definition) is 1. The fraction of sp³-hybridized carbons (Fsp3) is 0.615. The van der Waals surface area contributed by atoms with Crippen LogP contribution in [0, 0.1) is 6.92 Å². The second-order valence-electron chi connectivity index (χ2n) is 4.78. The summed E-state index contributed by atoms with van der Waals surface area (Å²) >= 11 is 0. The van der Waals surface area contributed by atoms with Gasteiger partial charge in [0.05, 0.1) is 12.2 Å². The molecule has 17 heavy (non-hydrogen) atoms. The average molecular weight is 235 g/mol. The van der Waals surface area contributed by atoms with Gasteiger partial charge in [-0.1, -0.05) is 6.07 Å². The summed E-state index contributed by atoms with van der Waals surface area (Å²) in [6.45, 7) is 8.57. The summed E-state index contributed by atoms with van der Waals surface area (Å²) in [5.41, 5.74) is 7.79. The maximum absolute atomic E-state index is 5.72. The minimum atomic E-state index is 0.259. The Morgan fingerprint density at radius 2 is 2.00 bits per heavy atom. The highest BCUT2D eigenvalue weighted by molar-refractivity contribution is 5.42. The molecule has 2 atom stereocenters. The molecule has 0 aliphatic carbocycles. The zero-order valence-corrected chi connectivity index (χ0v) is 10.8. The molecule has 2 unspecified atom stereocenters. The first kappa shape index (κ1) is 12.3. The lowest BCUT2D eigenvalue weighted by Crippen LogP contribution is -2.45. The van der Waals surface area contributed by atoms with E-state index in [4.69, 9.17) is 10.5 Å². The first-order valence-electron chi connectivity index (χ1n) is 6.17. The number of pyridine rings is 1. The molecular weight excluding hydrogens is 214 g/mol. The molecule has 0 aromatic carbocycles. The predicted octanol–water partition coefficient (Wildman–Crippen LogP) is 1.46. The van der Waals surface area contributed by atoms with Gasteiger partial charge in [0, 0.05) is 25.3 Å². The molecule has 1 aromatic heterocycles. The summed E-state index contributed by atoms with van der Waals surface area (Å²) in [7, 11) is 0. The number of aryl methyl sites for hydroxylation is 1. The van der Waals surface area contributed by atoms with Crippen LogP contribution in [0.2, 0.25) is 0 Å². The van der Waals surface area contributed by atoms with Crippen molar-refractivity contribution < 1.29 is 4.74 Å². The van der Waals surface area contributed by atoms with Gasteiger partial charge in [0.1, 0.15) is 5.82 Å². The van der Waals surface area contributed by atoms with Crippen molar-refractivity contribution in [1.29, 1.82) is 0 Å². The Labute approximate surface area is 103 Å². The molecule has 1 aromatic rings. The summed E-state index contributed by atoms with van der Waals surface area (Å²) in [6.07, 6.45) is 0.519. The van der Waals surface area contributed by atoms with E-state index in [0.29, 0.717) is 6.54 Å². The zero-order valence-electron chi connectivity index (χ0n) is 10.8. The van der Waals surface area contributed by atoms with Crippen LogP contribution in [0.4, 0.5) is 5.82 Å². The van der Waals surface area contributed by atoms with Crippen LogP contribution in [0.25, 0.3) is 0 Å². The normalized spacial score (nSPS) is 25.1. The van der Waals surface area contributed by atoms with Crippen molar-refractivity contribution in [3.8, 4) is 0 Å². The summed E-state index contributed by atoms with van der Waals surface area (Å²) in [5, 5.41) is 0. The number of nitrogens with two attached hydrogens (primary N) is 1. The van der Waals surface area contributed by atoms with Gasteiger partial charge in [0.2, 0.25) is 0 Å². The summed E-state index contributed by atoms with van der Waals surface area (Å²) < 4.78 is 5.72. The topological polar surface area (TPSA) is 51.4 Å². The molecule has 0 spiro atoms. The molecule has 0 saturated carbocycles. The Kier molecular flexibility index (Phi) is 3.64. The highest BCUT2D eigenvalue weighted by atomic mass is 16.5. The van der Waals surface area contributed by atoms with Crippen molar-refractivity contribution in [2.45, 2.75) is 39.5 Å². The van der Waals surface area contributed by atoms with Gasteiger partial charge in [-0.2, -0.15) is 0 Å². The molecule has 0 amide bonds. The van der Waals surface area contributed by atoms with E-state index >= 15 is 0 Å². The lowest BCUT2D eigenvalue weighted by atomic mass is 10.2. The number of nitrogens with zero attached hydrogens (tertiary/aromatic N) is 2. The highest BCUT2D eigenvalue weighted by Crippen LogP contribution is 2.19. The molecular formula is C13H21N3O. The van der Waals surface area contributed by atoms with Gasteiger partial charge in [0.15, 0.2) is 0 Å². The quantitative estimate of drug-likeness (QED) is 0.843. The van der Waals surface area contributed by atoms with Crippen LogP contribution in [0.3, 0.4) is 0 Å². The van der Waals surface area contributed by atoms with E-state index in [2.05, 4.69) is 35.9 Å². The molecule has 0 bridgehead atoms. The fourth-order valence-electron chi connectivity index (χ4n) is 2.33. The Morgan fingerprint density at radius 1 is 1.35 bits per heavy atom. The number of aromatic nitrogens is 1. The monoisotopic (exact) mass is 235 g/mol. The van der Waals surface area contributed by atoms with Crippen molar-refractivity contribution in [1.82, 2.24) is 4.98 Å². The van der Waals surface area contributed by atoms with Crippen molar-refractivity contribution in [3.05, 3.63) is 23.4 Å². The van der Waals surface area contributed by atoms with Gasteiger partial charge in [-0.05, 0) is 32.4 Å². The van der Waals surface area contributed by atoms with Gasteiger partial charge in [-0.3, -0.25) is 0 Å². The number of morpholine rings is 1. The second-order valence-corrected chi connectivity index (χ2v) is 4.78. The maximum Gasteiger partial charge on any atom is 0.128 e. The third-order valence-electron chi connectivity index (χ3n) is 3.14. The lowest BCUT2D eigenvalue weighted by Gasteiger charge is -2.36. The fourth-order valence-corrected chi connectivity index (χ4v) is 2.33. The number of anilines is 1. The van der Waals surface area contributed by atoms with Gasteiger partial charge >= 0.3 is 0 Å². The number of rotatable bonds is 2. The average Bonchev–Trinajstić information content (AvgIpc) is 2.27. The van der Waals surface area contributed by atoms with Gasteiger partial charge in [0.25, 0.3) is 0 Å². The van der Waals surface area contributed by atoms with E-state index in [1.165, 1.54) is 0 Å². The van der Waals surface area contributed by atoms with Crippen LogP contribution in [0.15, 0.2) is 12.1 Å². The highest BCUT2D eigenvalue weighted by Gasteiger charge is 2.23. The Balaban J connectivity index is 2.19. The number of hydrogen-bond acceptors (Lipinski definition) is 4.